The lowest BCUT2D eigenvalue weighted by Gasteiger charge is -2.32. The number of likely N-dealkylation sites (tertiary alicyclic amines) is 1. The molecule has 1 saturated heterocycles. The highest BCUT2D eigenvalue weighted by atomic mass is 16.5. The topological polar surface area (TPSA) is 82.3 Å². The molecule has 7 nitrogen and oxygen atoms in total. The Morgan fingerprint density at radius 3 is 2.67 bits per heavy atom. The van der Waals surface area contributed by atoms with Gasteiger partial charge in [-0.05, 0) is 48.6 Å². The molecule has 5 rings (SSSR count). The van der Waals surface area contributed by atoms with Gasteiger partial charge in [0.25, 0.3) is 5.91 Å². The number of carbonyl (C=O) groups excluding carboxylic acids is 1. The number of aromatic nitrogens is 2. The van der Waals surface area contributed by atoms with Crippen molar-refractivity contribution in [2.75, 3.05) is 44.0 Å². The van der Waals surface area contributed by atoms with Crippen LogP contribution in [0.25, 0.3) is 11.1 Å². The Bertz CT molecular complexity index is 1210. The van der Waals surface area contributed by atoms with Crippen molar-refractivity contribution in [1.82, 2.24) is 14.9 Å². The third-order valence-electron chi connectivity index (χ3n) is 7.10. The van der Waals surface area contributed by atoms with E-state index in [9.17, 15) is 4.79 Å². The van der Waals surface area contributed by atoms with E-state index in [1.54, 1.807) is 19.5 Å². The SMILES string of the molecule is CCCc1ccc(C(=C2C(=O)Nc3ccc(NC4CCN(CCOC)CC4)cc32)c2ncc[nH]2)cc1. The quantitative estimate of drug-likeness (QED) is 0.380. The number of piperidine rings is 1. The summed E-state index contributed by atoms with van der Waals surface area (Å²) in [6, 6.07) is 15.1. The zero-order chi connectivity index (χ0) is 24.9. The number of nitrogens with zero attached hydrogens (tertiary/aromatic N) is 2. The van der Waals surface area contributed by atoms with Crippen molar-refractivity contribution in [1.29, 1.82) is 0 Å². The monoisotopic (exact) mass is 485 g/mol. The number of benzene rings is 2. The summed E-state index contributed by atoms with van der Waals surface area (Å²) in [5.74, 6) is 0.593. The summed E-state index contributed by atoms with van der Waals surface area (Å²) in [4.78, 5) is 23.5. The van der Waals surface area contributed by atoms with Gasteiger partial charge in [-0.2, -0.15) is 0 Å². The molecule has 0 spiro atoms. The van der Waals surface area contributed by atoms with E-state index in [4.69, 9.17) is 4.74 Å². The highest BCUT2D eigenvalue weighted by Gasteiger charge is 2.30. The third kappa shape index (κ3) is 5.22. The fourth-order valence-electron chi connectivity index (χ4n) is 5.19. The maximum Gasteiger partial charge on any atom is 0.257 e. The van der Waals surface area contributed by atoms with Gasteiger partial charge in [0, 0.05) is 67.7 Å². The molecule has 3 aromatic rings. The molecule has 0 aliphatic carbocycles. The standard InChI is InChI=1S/C29H35N5O2/c1-3-4-20-5-7-21(8-6-20)26(28-30-13-14-31-28)27-24-19-23(9-10-25(24)33-29(27)35)32-22-11-15-34(16-12-22)17-18-36-2/h5-10,13-14,19,22,32H,3-4,11-12,15-18H2,1-2H3,(H,30,31)(H,33,35). The number of fused-ring (bicyclic) bond motifs is 1. The first-order chi connectivity index (χ1) is 17.7. The molecule has 3 heterocycles. The molecule has 0 unspecified atom stereocenters. The number of imidazole rings is 1. The lowest BCUT2D eigenvalue weighted by Crippen LogP contribution is -2.40. The van der Waals surface area contributed by atoms with Crippen LogP contribution >= 0.6 is 0 Å². The van der Waals surface area contributed by atoms with Gasteiger partial charge in [-0.15, -0.1) is 0 Å². The van der Waals surface area contributed by atoms with E-state index in [-0.39, 0.29) is 5.91 Å². The number of H-pyrrole nitrogens is 1. The number of aryl methyl sites for hydroxylation is 1. The van der Waals surface area contributed by atoms with Crippen molar-refractivity contribution < 1.29 is 9.53 Å². The Hall–Kier alpha value is -3.42. The minimum absolute atomic E-state index is 0.0994. The van der Waals surface area contributed by atoms with Gasteiger partial charge in [0.15, 0.2) is 0 Å². The van der Waals surface area contributed by atoms with E-state index in [2.05, 4.69) is 68.8 Å². The Morgan fingerprint density at radius 2 is 1.97 bits per heavy atom. The van der Waals surface area contributed by atoms with Crippen LogP contribution in [0.4, 0.5) is 11.4 Å². The van der Waals surface area contributed by atoms with E-state index in [0.29, 0.717) is 17.4 Å². The van der Waals surface area contributed by atoms with Crippen LogP contribution in [0.1, 0.15) is 48.7 Å². The van der Waals surface area contributed by atoms with Gasteiger partial charge in [0.05, 0.1) is 12.2 Å². The molecule has 2 aliphatic rings. The summed E-state index contributed by atoms with van der Waals surface area (Å²) in [6.07, 6.45) is 7.84. The number of hydrogen-bond donors (Lipinski definition) is 3. The molecule has 188 valence electrons. The summed E-state index contributed by atoms with van der Waals surface area (Å²) in [5, 5.41) is 6.78. The molecule has 1 fully saturated rings. The number of anilines is 2. The summed E-state index contributed by atoms with van der Waals surface area (Å²) in [6.45, 7) is 6.07. The molecule has 0 atom stereocenters. The molecule has 0 saturated carbocycles. The number of hydrogen-bond acceptors (Lipinski definition) is 5. The number of ether oxygens (including phenoxy) is 1. The van der Waals surface area contributed by atoms with E-state index in [0.717, 1.165) is 80.0 Å². The molecule has 36 heavy (non-hydrogen) atoms. The first-order valence-corrected chi connectivity index (χ1v) is 12.9. The zero-order valence-electron chi connectivity index (χ0n) is 21.1. The molecule has 1 aromatic heterocycles. The summed E-state index contributed by atoms with van der Waals surface area (Å²) in [7, 11) is 1.75. The van der Waals surface area contributed by atoms with Crippen LogP contribution in [0.2, 0.25) is 0 Å². The number of rotatable bonds is 9. The molecular weight excluding hydrogens is 450 g/mol. The van der Waals surface area contributed by atoms with Crippen LogP contribution in [0.3, 0.4) is 0 Å². The van der Waals surface area contributed by atoms with Crippen LogP contribution in [0.5, 0.6) is 0 Å². The second-order valence-electron chi connectivity index (χ2n) is 9.60. The largest absolute Gasteiger partial charge is 0.383 e. The van der Waals surface area contributed by atoms with Gasteiger partial charge < -0.3 is 25.3 Å². The van der Waals surface area contributed by atoms with E-state index in [1.807, 2.05) is 6.07 Å². The molecule has 0 radical (unpaired) electrons. The minimum atomic E-state index is -0.0994. The van der Waals surface area contributed by atoms with E-state index < -0.39 is 0 Å². The number of carbonyl (C=O) groups is 1. The van der Waals surface area contributed by atoms with Gasteiger partial charge in [-0.3, -0.25) is 4.79 Å². The molecule has 2 aromatic carbocycles. The normalized spacial score (nSPS) is 17.7. The third-order valence-corrected chi connectivity index (χ3v) is 7.10. The number of amides is 1. The van der Waals surface area contributed by atoms with Crippen molar-refractivity contribution in [2.45, 2.75) is 38.6 Å². The Balaban J connectivity index is 1.45. The minimum Gasteiger partial charge on any atom is -0.383 e. The molecule has 1 amide bonds. The average molecular weight is 486 g/mol. The first kappa shape index (κ1) is 24.3. The first-order valence-electron chi connectivity index (χ1n) is 12.9. The van der Waals surface area contributed by atoms with Crippen molar-refractivity contribution in [3.05, 3.63) is 77.4 Å². The predicted octanol–water partition coefficient (Wildman–Crippen LogP) is 4.80. The number of nitrogens with one attached hydrogen (secondary N) is 3. The summed E-state index contributed by atoms with van der Waals surface area (Å²) in [5.41, 5.74) is 6.53. The lowest BCUT2D eigenvalue weighted by molar-refractivity contribution is -0.110. The van der Waals surface area contributed by atoms with Gasteiger partial charge in [0.1, 0.15) is 5.82 Å². The Morgan fingerprint density at radius 1 is 1.17 bits per heavy atom. The number of methoxy groups -OCH3 is 1. The van der Waals surface area contributed by atoms with Crippen molar-refractivity contribution in [3.63, 3.8) is 0 Å². The van der Waals surface area contributed by atoms with Gasteiger partial charge in [-0.1, -0.05) is 37.6 Å². The van der Waals surface area contributed by atoms with Crippen molar-refractivity contribution in [3.8, 4) is 0 Å². The van der Waals surface area contributed by atoms with Gasteiger partial charge >= 0.3 is 0 Å². The highest BCUT2D eigenvalue weighted by Crippen LogP contribution is 2.40. The second kappa shape index (κ2) is 11.1. The van der Waals surface area contributed by atoms with Crippen LogP contribution < -0.4 is 10.6 Å². The van der Waals surface area contributed by atoms with Crippen molar-refractivity contribution in [2.24, 2.45) is 0 Å². The molecule has 2 aliphatic heterocycles. The fourth-order valence-corrected chi connectivity index (χ4v) is 5.19. The number of aromatic amines is 1. The van der Waals surface area contributed by atoms with Crippen LogP contribution in [-0.2, 0) is 16.0 Å². The predicted molar refractivity (Wildman–Crippen MR) is 145 cm³/mol. The van der Waals surface area contributed by atoms with Crippen molar-refractivity contribution >= 4 is 28.4 Å². The average Bonchev–Trinajstić information content (AvgIpc) is 3.53. The fraction of sp³-hybridized carbons (Fsp3) is 0.379. The zero-order valence-corrected chi connectivity index (χ0v) is 21.1. The molecule has 0 bridgehead atoms. The van der Waals surface area contributed by atoms with E-state index >= 15 is 0 Å². The van der Waals surface area contributed by atoms with Crippen LogP contribution in [-0.4, -0.2) is 60.2 Å². The lowest BCUT2D eigenvalue weighted by atomic mass is 9.93. The Labute approximate surface area is 213 Å². The van der Waals surface area contributed by atoms with Crippen LogP contribution in [0.15, 0.2) is 54.9 Å². The second-order valence-corrected chi connectivity index (χ2v) is 9.60. The summed E-state index contributed by atoms with van der Waals surface area (Å²) < 4.78 is 5.22. The maximum absolute atomic E-state index is 13.3. The molecule has 7 heteroatoms. The van der Waals surface area contributed by atoms with Crippen LogP contribution in [0, 0.1) is 0 Å². The maximum atomic E-state index is 13.3. The highest BCUT2D eigenvalue weighted by molar-refractivity contribution is 6.38. The van der Waals surface area contributed by atoms with E-state index in [1.165, 1.54) is 5.56 Å². The summed E-state index contributed by atoms with van der Waals surface area (Å²) >= 11 is 0. The Kier molecular flexibility index (Phi) is 7.49. The smallest absolute Gasteiger partial charge is 0.257 e. The van der Waals surface area contributed by atoms with Gasteiger partial charge in [-0.25, -0.2) is 4.98 Å². The van der Waals surface area contributed by atoms with Gasteiger partial charge in [0.2, 0.25) is 0 Å². The molecular formula is C29H35N5O2. The molecule has 3 N–H and O–H groups in total.